The zero-order chi connectivity index (χ0) is 16.3. The standard InChI is InChI=1S/C13H24O9/c1-19-10-2-6(15)13(18)9(22-10)5-20-11-3-7(16)12(17)8(4-14)21-11/h6-18H,2-5H2,1H3. The van der Waals surface area contributed by atoms with E-state index < -0.39 is 55.8 Å². The molecule has 0 aromatic carbocycles. The van der Waals surface area contributed by atoms with Gasteiger partial charge >= 0.3 is 0 Å². The van der Waals surface area contributed by atoms with Gasteiger partial charge < -0.3 is 44.5 Å². The van der Waals surface area contributed by atoms with E-state index in [0.717, 1.165) is 0 Å². The number of ether oxygens (including phenoxy) is 4. The molecule has 0 aliphatic carbocycles. The van der Waals surface area contributed by atoms with Crippen LogP contribution in [-0.2, 0) is 18.9 Å². The van der Waals surface area contributed by atoms with Crippen LogP contribution >= 0.6 is 0 Å². The van der Waals surface area contributed by atoms with Gasteiger partial charge in [0.2, 0.25) is 0 Å². The van der Waals surface area contributed by atoms with Crippen molar-refractivity contribution in [2.45, 2.75) is 62.0 Å². The van der Waals surface area contributed by atoms with Gasteiger partial charge in [0.1, 0.15) is 24.4 Å². The highest BCUT2D eigenvalue weighted by Crippen LogP contribution is 2.24. The molecule has 22 heavy (non-hydrogen) atoms. The molecule has 2 aliphatic heterocycles. The minimum Gasteiger partial charge on any atom is -0.394 e. The molecule has 5 N–H and O–H groups in total. The first-order valence-electron chi connectivity index (χ1n) is 7.24. The summed E-state index contributed by atoms with van der Waals surface area (Å²) in [5.41, 5.74) is 0. The Balaban J connectivity index is 1.86. The van der Waals surface area contributed by atoms with Crippen molar-refractivity contribution in [3.8, 4) is 0 Å². The van der Waals surface area contributed by atoms with Crippen molar-refractivity contribution in [1.29, 1.82) is 0 Å². The fourth-order valence-electron chi connectivity index (χ4n) is 2.58. The zero-order valence-corrected chi connectivity index (χ0v) is 12.3. The maximum atomic E-state index is 9.89. The van der Waals surface area contributed by atoms with Crippen LogP contribution in [0.1, 0.15) is 12.8 Å². The van der Waals surface area contributed by atoms with Gasteiger partial charge in [-0.2, -0.15) is 0 Å². The highest BCUT2D eigenvalue weighted by Gasteiger charge is 2.40. The Morgan fingerprint density at radius 1 is 0.909 bits per heavy atom. The van der Waals surface area contributed by atoms with Crippen LogP contribution in [0.3, 0.4) is 0 Å². The van der Waals surface area contributed by atoms with E-state index in [-0.39, 0.29) is 19.4 Å². The predicted octanol–water partition coefficient (Wildman–Crippen LogP) is -2.68. The largest absolute Gasteiger partial charge is 0.394 e. The smallest absolute Gasteiger partial charge is 0.160 e. The summed E-state index contributed by atoms with van der Waals surface area (Å²) in [6.07, 6.45) is -7.44. The summed E-state index contributed by atoms with van der Waals surface area (Å²) in [6.45, 7) is -0.547. The van der Waals surface area contributed by atoms with Crippen molar-refractivity contribution in [3.63, 3.8) is 0 Å². The Morgan fingerprint density at radius 3 is 2.05 bits per heavy atom. The molecule has 0 spiro atoms. The van der Waals surface area contributed by atoms with Crippen LogP contribution in [0, 0.1) is 0 Å². The number of aliphatic hydroxyl groups is 5. The first-order chi connectivity index (χ1) is 10.5. The molecule has 2 saturated heterocycles. The molecule has 0 aromatic rings. The molecule has 8 atom stereocenters. The van der Waals surface area contributed by atoms with E-state index in [4.69, 9.17) is 24.1 Å². The molecule has 2 rings (SSSR count). The van der Waals surface area contributed by atoms with Crippen molar-refractivity contribution in [3.05, 3.63) is 0 Å². The third-order valence-electron chi connectivity index (χ3n) is 3.96. The third kappa shape index (κ3) is 4.13. The fourth-order valence-corrected chi connectivity index (χ4v) is 2.58. The average molecular weight is 324 g/mol. The first kappa shape index (κ1) is 18.0. The lowest BCUT2D eigenvalue weighted by atomic mass is 10.0. The molecule has 9 nitrogen and oxygen atoms in total. The lowest BCUT2D eigenvalue weighted by Gasteiger charge is -2.39. The van der Waals surface area contributed by atoms with Gasteiger partial charge in [-0.15, -0.1) is 0 Å². The van der Waals surface area contributed by atoms with Gasteiger partial charge in [-0.1, -0.05) is 0 Å². The molecule has 0 bridgehead atoms. The van der Waals surface area contributed by atoms with Crippen molar-refractivity contribution < 1.29 is 44.5 Å². The maximum Gasteiger partial charge on any atom is 0.160 e. The maximum absolute atomic E-state index is 9.89. The van der Waals surface area contributed by atoms with Gasteiger partial charge in [0.25, 0.3) is 0 Å². The van der Waals surface area contributed by atoms with Gasteiger partial charge in [-0.3, -0.25) is 0 Å². The zero-order valence-electron chi connectivity index (χ0n) is 12.3. The van der Waals surface area contributed by atoms with Crippen LogP contribution in [0.4, 0.5) is 0 Å². The topological polar surface area (TPSA) is 138 Å². The summed E-state index contributed by atoms with van der Waals surface area (Å²) < 4.78 is 21.2. The minimum atomic E-state index is -1.18. The van der Waals surface area contributed by atoms with Crippen molar-refractivity contribution in [2.24, 2.45) is 0 Å². The lowest BCUT2D eigenvalue weighted by Crippen LogP contribution is -2.53. The summed E-state index contributed by atoms with van der Waals surface area (Å²) in [4.78, 5) is 0. The van der Waals surface area contributed by atoms with E-state index in [1.165, 1.54) is 7.11 Å². The molecular weight excluding hydrogens is 300 g/mol. The normalized spacial score (nSPS) is 46.6. The second kappa shape index (κ2) is 7.95. The molecule has 130 valence electrons. The summed E-state index contributed by atoms with van der Waals surface area (Å²) >= 11 is 0. The highest BCUT2D eigenvalue weighted by atomic mass is 16.7. The first-order valence-corrected chi connectivity index (χ1v) is 7.24. The van der Waals surface area contributed by atoms with E-state index in [2.05, 4.69) is 0 Å². The molecule has 0 radical (unpaired) electrons. The number of aliphatic hydroxyl groups excluding tert-OH is 5. The van der Waals surface area contributed by atoms with E-state index in [1.807, 2.05) is 0 Å². The fraction of sp³-hybridized carbons (Fsp3) is 1.00. The van der Waals surface area contributed by atoms with Crippen LogP contribution in [0.15, 0.2) is 0 Å². The second-order valence-electron chi connectivity index (χ2n) is 5.55. The van der Waals surface area contributed by atoms with Gasteiger partial charge in [0.15, 0.2) is 12.6 Å². The van der Waals surface area contributed by atoms with E-state index in [1.54, 1.807) is 0 Å². The Morgan fingerprint density at radius 2 is 1.45 bits per heavy atom. The molecule has 0 aromatic heterocycles. The average Bonchev–Trinajstić information content (AvgIpc) is 2.51. The third-order valence-corrected chi connectivity index (χ3v) is 3.96. The van der Waals surface area contributed by atoms with Gasteiger partial charge in [0, 0.05) is 20.0 Å². The summed E-state index contributed by atoms with van der Waals surface area (Å²) in [6, 6.07) is 0. The molecule has 8 unspecified atom stereocenters. The molecule has 0 saturated carbocycles. The van der Waals surface area contributed by atoms with Gasteiger partial charge in [-0.05, 0) is 0 Å². The summed E-state index contributed by atoms with van der Waals surface area (Å²) in [7, 11) is 1.43. The number of hydrogen-bond acceptors (Lipinski definition) is 9. The second-order valence-corrected chi connectivity index (χ2v) is 5.55. The lowest BCUT2D eigenvalue weighted by molar-refractivity contribution is -0.289. The molecule has 2 fully saturated rings. The number of rotatable bonds is 5. The Hall–Kier alpha value is -0.360. The summed E-state index contributed by atoms with van der Waals surface area (Å²) in [5, 5.41) is 48.0. The molecule has 9 heteroatoms. The molecule has 0 amide bonds. The van der Waals surface area contributed by atoms with Gasteiger partial charge in [-0.25, -0.2) is 0 Å². The number of hydrogen-bond donors (Lipinski definition) is 5. The van der Waals surface area contributed by atoms with Crippen molar-refractivity contribution in [2.75, 3.05) is 20.3 Å². The van der Waals surface area contributed by atoms with Crippen LogP contribution in [-0.4, -0.2) is 95.1 Å². The Kier molecular flexibility index (Phi) is 6.50. The number of methoxy groups -OCH3 is 1. The van der Waals surface area contributed by atoms with Gasteiger partial charge in [0.05, 0.1) is 25.4 Å². The summed E-state index contributed by atoms with van der Waals surface area (Å²) in [5.74, 6) is 0. The van der Waals surface area contributed by atoms with Crippen LogP contribution < -0.4 is 0 Å². The van der Waals surface area contributed by atoms with Crippen molar-refractivity contribution in [1.82, 2.24) is 0 Å². The SMILES string of the molecule is COC1CC(O)C(O)C(COC2CC(O)C(O)C(CO)O2)O1. The Labute approximate surface area is 128 Å². The minimum absolute atomic E-state index is 0.0245. The van der Waals surface area contributed by atoms with Crippen LogP contribution in [0.25, 0.3) is 0 Å². The van der Waals surface area contributed by atoms with Crippen LogP contribution in [0.5, 0.6) is 0 Å². The van der Waals surface area contributed by atoms with Crippen LogP contribution in [0.2, 0.25) is 0 Å². The molecular formula is C13H24O9. The van der Waals surface area contributed by atoms with E-state index in [0.29, 0.717) is 0 Å². The van der Waals surface area contributed by atoms with E-state index in [9.17, 15) is 20.4 Å². The van der Waals surface area contributed by atoms with Crippen molar-refractivity contribution >= 4 is 0 Å². The van der Waals surface area contributed by atoms with E-state index >= 15 is 0 Å². The molecule has 2 aliphatic rings. The molecule has 2 heterocycles. The Bertz CT molecular complexity index is 341. The highest BCUT2D eigenvalue weighted by molar-refractivity contribution is 4.85. The quantitative estimate of drug-likeness (QED) is 0.366. The monoisotopic (exact) mass is 324 g/mol. The predicted molar refractivity (Wildman–Crippen MR) is 70.6 cm³/mol.